The summed E-state index contributed by atoms with van der Waals surface area (Å²) in [6.07, 6.45) is 9.26. The van der Waals surface area contributed by atoms with E-state index >= 15 is 0 Å². The third kappa shape index (κ3) is 2.75. The lowest BCUT2D eigenvalue weighted by molar-refractivity contribution is 0.503. The van der Waals surface area contributed by atoms with Gasteiger partial charge >= 0.3 is 0 Å². The van der Waals surface area contributed by atoms with Gasteiger partial charge < -0.3 is 9.13 Å². The second-order valence-electron chi connectivity index (χ2n) is 4.62. The molecule has 0 atom stereocenters. The van der Waals surface area contributed by atoms with Crippen LogP contribution in [0.4, 0.5) is 0 Å². The SMILES string of the molecule is CC(C)CCn1cncc1Cn1cccc1. The van der Waals surface area contributed by atoms with Gasteiger partial charge in [0.05, 0.1) is 18.6 Å². The van der Waals surface area contributed by atoms with E-state index in [2.05, 4.69) is 52.5 Å². The molecule has 0 aromatic carbocycles. The average Bonchev–Trinajstić information content (AvgIpc) is 2.87. The van der Waals surface area contributed by atoms with Gasteiger partial charge in [0.15, 0.2) is 0 Å². The molecule has 0 aliphatic rings. The van der Waals surface area contributed by atoms with Crippen molar-refractivity contribution in [3.05, 3.63) is 42.7 Å². The normalized spacial score (nSPS) is 11.2. The van der Waals surface area contributed by atoms with E-state index in [1.807, 2.05) is 12.5 Å². The van der Waals surface area contributed by atoms with Crippen molar-refractivity contribution in [3.8, 4) is 0 Å². The van der Waals surface area contributed by atoms with Crippen molar-refractivity contribution in [2.45, 2.75) is 33.4 Å². The molecular formula is C13H19N3. The minimum absolute atomic E-state index is 0.738. The molecule has 0 bridgehead atoms. The predicted molar refractivity (Wildman–Crippen MR) is 65.2 cm³/mol. The summed E-state index contributed by atoms with van der Waals surface area (Å²) >= 11 is 0. The molecule has 0 aliphatic carbocycles. The Kier molecular flexibility index (Phi) is 3.44. The first-order chi connectivity index (χ1) is 7.75. The minimum Gasteiger partial charge on any atom is -0.348 e. The zero-order chi connectivity index (χ0) is 11.4. The average molecular weight is 217 g/mol. The van der Waals surface area contributed by atoms with E-state index in [-0.39, 0.29) is 0 Å². The van der Waals surface area contributed by atoms with E-state index in [0.29, 0.717) is 0 Å². The van der Waals surface area contributed by atoms with Crippen LogP contribution in [0.1, 0.15) is 26.0 Å². The highest BCUT2D eigenvalue weighted by Gasteiger charge is 2.03. The first kappa shape index (κ1) is 11.0. The lowest BCUT2D eigenvalue weighted by Gasteiger charge is -2.10. The molecule has 86 valence electrons. The molecule has 0 spiro atoms. The molecule has 2 rings (SSSR count). The van der Waals surface area contributed by atoms with Gasteiger partial charge in [-0.05, 0) is 24.5 Å². The van der Waals surface area contributed by atoms with E-state index in [1.54, 1.807) is 0 Å². The fourth-order valence-electron chi connectivity index (χ4n) is 1.74. The molecule has 3 nitrogen and oxygen atoms in total. The molecule has 0 saturated heterocycles. The zero-order valence-corrected chi connectivity index (χ0v) is 10.0. The van der Waals surface area contributed by atoms with Crippen LogP contribution in [0.5, 0.6) is 0 Å². The summed E-state index contributed by atoms with van der Waals surface area (Å²) in [4.78, 5) is 4.23. The molecule has 16 heavy (non-hydrogen) atoms. The third-order valence-corrected chi connectivity index (χ3v) is 2.76. The van der Waals surface area contributed by atoms with E-state index in [0.717, 1.165) is 19.0 Å². The second-order valence-corrected chi connectivity index (χ2v) is 4.62. The summed E-state index contributed by atoms with van der Waals surface area (Å²) in [7, 11) is 0. The van der Waals surface area contributed by atoms with Crippen LogP contribution in [0.15, 0.2) is 37.1 Å². The van der Waals surface area contributed by atoms with Crippen molar-refractivity contribution >= 4 is 0 Å². The van der Waals surface area contributed by atoms with Crippen molar-refractivity contribution < 1.29 is 0 Å². The molecule has 2 aromatic heterocycles. The molecule has 0 saturated carbocycles. The highest BCUT2D eigenvalue weighted by atomic mass is 15.1. The lowest BCUT2D eigenvalue weighted by atomic mass is 10.1. The molecule has 0 radical (unpaired) electrons. The summed E-state index contributed by atoms with van der Waals surface area (Å²) < 4.78 is 4.42. The molecular weight excluding hydrogens is 198 g/mol. The topological polar surface area (TPSA) is 22.8 Å². The smallest absolute Gasteiger partial charge is 0.0948 e. The highest BCUT2D eigenvalue weighted by Crippen LogP contribution is 2.07. The van der Waals surface area contributed by atoms with Gasteiger partial charge in [-0.1, -0.05) is 13.8 Å². The molecule has 0 unspecified atom stereocenters. The maximum absolute atomic E-state index is 4.23. The first-order valence-electron chi connectivity index (χ1n) is 5.85. The Balaban J connectivity index is 2.01. The molecule has 2 heterocycles. The molecule has 3 heteroatoms. The van der Waals surface area contributed by atoms with Crippen LogP contribution in [-0.2, 0) is 13.1 Å². The Morgan fingerprint density at radius 2 is 2.00 bits per heavy atom. The lowest BCUT2D eigenvalue weighted by Crippen LogP contribution is -2.07. The second kappa shape index (κ2) is 5.01. The van der Waals surface area contributed by atoms with Crippen molar-refractivity contribution in [3.63, 3.8) is 0 Å². The van der Waals surface area contributed by atoms with Crippen LogP contribution in [-0.4, -0.2) is 14.1 Å². The predicted octanol–water partition coefficient (Wildman–Crippen LogP) is 2.78. The summed E-state index contributed by atoms with van der Waals surface area (Å²) in [6.45, 7) is 6.48. The van der Waals surface area contributed by atoms with Crippen LogP contribution in [0.25, 0.3) is 0 Å². The third-order valence-electron chi connectivity index (χ3n) is 2.76. The maximum Gasteiger partial charge on any atom is 0.0948 e. The van der Waals surface area contributed by atoms with Gasteiger partial charge in [0.1, 0.15) is 0 Å². The number of aryl methyl sites for hydroxylation is 1. The fourth-order valence-corrected chi connectivity index (χ4v) is 1.74. The van der Waals surface area contributed by atoms with Crippen LogP contribution >= 0.6 is 0 Å². The van der Waals surface area contributed by atoms with Gasteiger partial charge in [-0.25, -0.2) is 4.98 Å². The molecule has 0 amide bonds. The Morgan fingerprint density at radius 1 is 1.25 bits per heavy atom. The summed E-state index contributed by atoms with van der Waals surface area (Å²) in [6, 6.07) is 4.10. The van der Waals surface area contributed by atoms with Crippen LogP contribution in [0, 0.1) is 5.92 Å². The van der Waals surface area contributed by atoms with Gasteiger partial charge in [0.2, 0.25) is 0 Å². The van der Waals surface area contributed by atoms with Crippen molar-refractivity contribution in [1.82, 2.24) is 14.1 Å². The monoisotopic (exact) mass is 217 g/mol. The standard InChI is InChI=1S/C13H19N3/c1-12(2)5-8-16-11-14-9-13(16)10-15-6-3-4-7-15/h3-4,6-7,9,11-12H,5,8,10H2,1-2H3. The minimum atomic E-state index is 0.738. The van der Waals surface area contributed by atoms with E-state index in [1.165, 1.54) is 12.1 Å². The summed E-state index contributed by atoms with van der Waals surface area (Å²) in [5, 5.41) is 0. The highest BCUT2D eigenvalue weighted by molar-refractivity contribution is 5.02. The van der Waals surface area contributed by atoms with Gasteiger partial charge in [-0.2, -0.15) is 0 Å². The number of hydrogen-bond donors (Lipinski definition) is 0. The number of aromatic nitrogens is 3. The van der Waals surface area contributed by atoms with Crippen molar-refractivity contribution in [1.29, 1.82) is 0 Å². The van der Waals surface area contributed by atoms with E-state index in [4.69, 9.17) is 0 Å². The number of nitrogens with zero attached hydrogens (tertiary/aromatic N) is 3. The van der Waals surface area contributed by atoms with Crippen LogP contribution in [0.3, 0.4) is 0 Å². The van der Waals surface area contributed by atoms with Crippen LogP contribution in [0.2, 0.25) is 0 Å². The number of rotatable bonds is 5. The zero-order valence-electron chi connectivity index (χ0n) is 10.0. The Morgan fingerprint density at radius 3 is 2.69 bits per heavy atom. The van der Waals surface area contributed by atoms with E-state index < -0.39 is 0 Å². The molecule has 0 N–H and O–H groups in total. The number of hydrogen-bond acceptors (Lipinski definition) is 1. The van der Waals surface area contributed by atoms with Gasteiger partial charge in [0.25, 0.3) is 0 Å². The first-order valence-corrected chi connectivity index (χ1v) is 5.85. The molecule has 0 aliphatic heterocycles. The van der Waals surface area contributed by atoms with Gasteiger partial charge in [-0.3, -0.25) is 0 Å². The Labute approximate surface area is 96.7 Å². The van der Waals surface area contributed by atoms with Crippen LogP contribution < -0.4 is 0 Å². The fraction of sp³-hybridized carbons (Fsp3) is 0.462. The summed E-state index contributed by atoms with van der Waals surface area (Å²) in [5.74, 6) is 0.738. The van der Waals surface area contributed by atoms with Gasteiger partial charge in [-0.15, -0.1) is 0 Å². The quantitative estimate of drug-likeness (QED) is 0.755. The van der Waals surface area contributed by atoms with Crippen molar-refractivity contribution in [2.24, 2.45) is 5.92 Å². The van der Waals surface area contributed by atoms with Gasteiger partial charge in [0, 0.05) is 25.1 Å². The molecule has 0 fully saturated rings. The Hall–Kier alpha value is -1.51. The molecule has 2 aromatic rings. The Bertz CT molecular complexity index is 412. The number of imidazole rings is 1. The maximum atomic E-state index is 4.23. The summed E-state index contributed by atoms with van der Waals surface area (Å²) in [5.41, 5.74) is 1.27. The largest absolute Gasteiger partial charge is 0.348 e. The van der Waals surface area contributed by atoms with Crippen molar-refractivity contribution in [2.75, 3.05) is 0 Å². The van der Waals surface area contributed by atoms with E-state index in [9.17, 15) is 0 Å².